The highest BCUT2D eigenvalue weighted by Crippen LogP contribution is 2.20. The number of hydrogen-bond donors (Lipinski definition) is 2. The predicted octanol–water partition coefficient (Wildman–Crippen LogP) is 2.20. The van der Waals surface area contributed by atoms with Crippen molar-refractivity contribution in [3.05, 3.63) is 30.2 Å². The van der Waals surface area contributed by atoms with Gasteiger partial charge in [0.05, 0.1) is 19.7 Å². The Labute approximate surface area is 155 Å². The Morgan fingerprint density at radius 1 is 1.35 bits per heavy atom. The molecule has 0 aliphatic carbocycles. The van der Waals surface area contributed by atoms with E-state index in [-0.39, 0.29) is 31.1 Å². The summed E-state index contributed by atoms with van der Waals surface area (Å²) in [7, 11) is 0. The summed E-state index contributed by atoms with van der Waals surface area (Å²) in [6.45, 7) is 0.865. The third kappa shape index (κ3) is 6.57. The Bertz CT molecular complexity index is 695. The zero-order chi connectivity index (χ0) is 18.3. The van der Waals surface area contributed by atoms with E-state index in [2.05, 4.69) is 15.5 Å². The second-order valence-electron chi connectivity index (χ2n) is 5.31. The van der Waals surface area contributed by atoms with E-state index in [1.54, 1.807) is 24.3 Å². The van der Waals surface area contributed by atoms with E-state index in [4.69, 9.17) is 15.0 Å². The fraction of sp³-hybridized carbons (Fsp3) is 0.438. The zero-order valence-electron chi connectivity index (χ0n) is 14.2. The van der Waals surface area contributed by atoms with Crippen LogP contribution >= 0.6 is 12.4 Å². The van der Waals surface area contributed by atoms with Crippen molar-refractivity contribution < 1.29 is 22.8 Å². The molecule has 3 N–H and O–H groups in total. The number of aromatic nitrogens is 2. The molecule has 26 heavy (non-hydrogen) atoms. The van der Waals surface area contributed by atoms with E-state index in [0.29, 0.717) is 12.4 Å². The number of carbonyl (C=O) groups is 1. The van der Waals surface area contributed by atoms with Crippen LogP contribution in [-0.2, 0) is 11.2 Å². The van der Waals surface area contributed by atoms with Crippen LogP contribution in [0.4, 0.5) is 8.78 Å². The van der Waals surface area contributed by atoms with Crippen LogP contribution in [0.25, 0.3) is 11.4 Å². The number of carbonyl (C=O) groups excluding carboxylic acids is 1. The molecule has 2 aromatic rings. The predicted molar refractivity (Wildman–Crippen MR) is 93.5 cm³/mol. The molecule has 0 saturated carbocycles. The third-order valence-corrected chi connectivity index (χ3v) is 3.30. The summed E-state index contributed by atoms with van der Waals surface area (Å²) in [5.74, 6) is -2.27. The molecular weight excluding hydrogens is 370 g/mol. The van der Waals surface area contributed by atoms with Gasteiger partial charge in [-0.25, -0.2) is 8.78 Å². The highest BCUT2D eigenvalue weighted by molar-refractivity contribution is 5.85. The first kappa shape index (κ1) is 21.8. The quantitative estimate of drug-likeness (QED) is 0.680. The molecule has 0 aliphatic heterocycles. The Morgan fingerprint density at radius 3 is 2.65 bits per heavy atom. The number of benzene rings is 1. The number of nitrogens with zero attached hydrogens (tertiary/aromatic N) is 2. The van der Waals surface area contributed by atoms with Gasteiger partial charge < -0.3 is 20.3 Å². The molecule has 0 atom stereocenters. The monoisotopic (exact) mass is 390 g/mol. The lowest BCUT2D eigenvalue weighted by molar-refractivity contribution is -0.122. The molecule has 0 aliphatic rings. The van der Waals surface area contributed by atoms with E-state index in [9.17, 15) is 13.6 Å². The summed E-state index contributed by atoms with van der Waals surface area (Å²) in [5, 5.41) is 5.97. The molecule has 7 nitrogen and oxygen atoms in total. The highest BCUT2D eigenvalue weighted by Gasteiger charge is 2.27. The number of aryl methyl sites for hydroxylation is 1. The van der Waals surface area contributed by atoms with Crippen molar-refractivity contribution in [1.29, 1.82) is 0 Å². The summed E-state index contributed by atoms with van der Waals surface area (Å²) in [5.41, 5.74) is 5.64. The van der Waals surface area contributed by atoms with Crippen LogP contribution in [0.2, 0.25) is 0 Å². The van der Waals surface area contributed by atoms with Crippen molar-refractivity contribution >= 4 is 18.3 Å². The number of halogens is 3. The van der Waals surface area contributed by atoms with E-state index >= 15 is 0 Å². The van der Waals surface area contributed by atoms with Gasteiger partial charge >= 0.3 is 0 Å². The number of rotatable bonds is 9. The summed E-state index contributed by atoms with van der Waals surface area (Å²) in [6, 6.07) is 7.17. The van der Waals surface area contributed by atoms with Crippen LogP contribution in [0.5, 0.6) is 5.75 Å². The topological polar surface area (TPSA) is 103 Å². The molecule has 0 spiro atoms. The molecule has 0 radical (unpaired) electrons. The first-order valence-electron chi connectivity index (χ1n) is 7.84. The number of ether oxygens (including phenoxy) is 1. The molecule has 144 valence electrons. The number of hydrogen-bond acceptors (Lipinski definition) is 6. The molecule has 0 fully saturated rings. The van der Waals surface area contributed by atoms with Crippen molar-refractivity contribution in [1.82, 2.24) is 15.5 Å². The van der Waals surface area contributed by atoms with E-state index in [1.807, 2.05) is 6.92 Å². The van der Waals surface area contributed by atoms with Gasteiger partial charge in [0, 0.05) is 18.4 Å². The zero-order valence-corrected chi connectivity index (χ0v) is 15.0. The first-order valence-corrected chi connectivity index (χ1v) is 7.84. The fourth-order valence-electron chi connectivity index (χ4n) is 1.95. The maximum absolute atomic E-state index is 13.0. The van der Waals surface area contributed by atoms with Gasteiger partial charge in [0.2, 0.25) is 17.6 Å². The first-order chi connectivity index (χ1) is 11.9. The Morgan fingerprint density at radius 2 is 2.04 bits per heavy atom. The molecule has 0 bridgehead atoms. The van der Waals surface area contributed by atoms with Gasteiger partial charge in [0.1, 0.15) is 5.75 Å². The molecule has 1 amide bonds. The second kappa shape index (κ2) is 10.0. The second-order valence-corrected chi connectivity index (χ2v) is 5.31. The summed E-state index contributed by atoms with van der Waals surface area (Å²) in [6.07, 6.45) is 0.121. The lowest BCUT2D eigenvalue weighted by Gasteiger charge is -2.14. The van der Waals surface area contributed by atoms with Crippen molar-refractivity contribution in [2.24, 2.45) is 5.73 Å². The van der Waals surface area contributed by atoms with Gasteiger partial charge in [-0.2, -0.15) is 4.98 Å². The van der Waals surface area contributed by atoms with E-state index in [0.717, 1.165) is 11.3 Å². The van der Waals surface area contributed by atoms with Gasteiger partial charge in [0.25, 0.3) is 5.92 Å². The van der Waals surface area contributed by atoms with Gasteiger partial charge in [0.15, 0.2) is 0 Å². The van der Waals surface area contributed by atoms with Crippen molar-refractivity contribution in [2.45, 2.75) is 25.7 Å². The Balaban J connectivity index is 0.00000338. The Hall–Kier alpha value is -2.26. The van der Waals surface area contributed by atoms with Crippen molar-refractivity contribution in [2.75, 3.05) is 19.7 Å². The standard InChI is InChI=1S/C16H20F2N4O3.ClH/c1-2-24-12-5-3-11(4-6-12)15-21-14(25-22-15)8-7-13(23)20-10-16(17,18)9-19;/h3-6H,2,7-10,19H2,1H3,(H,20,23);1H. The van der Waals surface area contributed by atoms with Crippen LogP contribution < -0.4 is 15.8 Å². The molecule has 1 aromatic carbocycles. The number of amides is 1. The largest absolute Gasteiger partial charge is 0.494 e. The SMILES string of the molecule is CCOc1ccc(-c2noc(CCC(=O)NCC(F)(F)CN)n2)cc1.Cl. The maximum atomic E-state index is 13.0. The fourth-order valence-corrected chi connectivity index (χ4v) is 1.95. The number of alkyl halides is 2. The summed E-state index contributed by atoms with van der Waals surface area (Å²) in [4.78, 5) is 15.8. The normalized spacial score (nSPS) is 10.9. The van der Waals surface area contributed by atoms with Gasteiger partial charge in [-0.15, -0.1) is 12.4 Å². The summed E-state index contributed by atoms with van der Waals surface area (Å²) < 4.78 is 36.3. The van der Waals surface area contributed by atoms with Crippen LogP contribution in [0, 0.1) is 0 Å². The Kier molecular flexibility index (Phi) is 8.40. The number of nitrogens with two attached hydrogens (primary N) is 1. The average Bonchev–Trinajstić information content (AvgIpc) is 3.08. The van der Waals surface area contributed by atoms with Crippen LogP contribution in [-0.4, -0.2) is 41.7 Å². The molecule has 1 heterocycles. The van der Waals surface area contributed by atoms with Crippen LogP contribution in [0.3, 0.4) is 0 Å². The van der Waals surface area contributed by atoms with Gasteiger partial charge in [-0.1, -0.05) is 5.16 Å². The van der Waals surface area contributed by atoms with Gasteiger partial charge in [-0.05, 0) is 31.2 Å². The lowest BCUT2D eigenvalue weighted by atomic mass is 10.2. The van der Waals surface area contributed by atoms with Crippen LogP contribution in [0.15, 0.2) is 28.8 Å². The van der Waals surface area contributed by atoms with Gasteiger partial charge in [-0.3, -0.25) is 4.79 Å². The highest BCUT2D eigenvalue weighted by atomic mass is 35.5. The lowest BCUT2D eigenvalue weighted by Crippen LogP contribution is -2.41. The number of nitrogens with one attached hydrogen (secondary N) is 1. The smallest absolute Gasteiger partial charge is 0.277 e. The molecular formula is C16H21ClF2N4O3. The van der Waals surface area contributed by atoms with Crippen molar-refractivity contribution in [3.8, 4) is 17.1 Å². The molecule has 0 unspecified atom stereocenters. The molecule has 1 aromatic heterocycles. The van der Waals surface area contributed by atoms with Crippen molar-refractivity contribution in [3.63, 3.8) is 0 Å². The minimum absolute atomic E-state index is 0. The minimum Gasteiger partial charge on any atom is -0.494 e. The molecule has 2 rings (SSSR count). The minimum atomic E-state index is -3.11. The molecule has 10 heteroatoms. The van der Waals surface area contributed by atoms with Crippen LogP contribution in [0.1, 0.15) is 19.2 Å². The maximum Gasteiger partial charge on any atom is 0.277 e. The van der Waals surface area contributed by atoms with E-state index < -0.39 is 24.9 Å². The summed E-state index contributed by atoms with van der Waals surface area (Å²) >= 11 is 0. The third-order valence-electron chi connectivity index (χ3n) is 3.30. The average molecular weight is 391 g/mol. The molecule has 0 saturated heterocycles. The van der Waals surface area contributed by atoms with E-state index in [1.165, 1.54) is 0 Å².